The molecule has 0 aliphatic carbocycles. The van der Waals surface area contributed by atoms with Gasteiger partial charge in [0.15, 0.2) is 0 Å². The molecule has 1 aromatic carbocycles. The Kier molecular flexibility index (Phi) is 5.33. The minimum absolute atomic E-state index is 0.113. The van der Waals surface area contributed by atoms with Crippen LogP contribution in [0.25, 0.3) is 0 Å². The highest BCUT2D eigenvalue weighted by atomic mass is 79.9. The lowest BCUT2D eigenvalue weighted by Gasteiger charge is -2.09. The van der Waals surface area contributed by atoms with Crippen LogP contribution in [0.5, 0.6) is 0 Å². The molecule has 18 heavy (non-hydrogen) atoms. The number of benzene rings is 1. The number of hydrogen-bond acceptors (Lipinski definition) is 4. The second kappa shape index (κ2) is 6.77. The molecular formula is C12H11BrN2O3. The van der Waals surface area contributed by atoms with Gasteiger partial charge in [-0.05, 0) is 18.2 Å². The van der Waals surface area contributed by atoms with E-state index < -0.39 is 10.8 Å². The topological polar surface area (TPSA) is 79.2 Å². The van der Waals surface area contributed by atoms with E-state index in [4.69, 9.17) is 5.26 Å². The molecule has 1 atom stereocenters. The molecule has 1 aromatic rings. The summed E-state index contributed by atoms with van der Waals surface area (Å²) in [5.74, 6) is -0.804. The molecule has 94 valence electrons. The van der Waals surface area contributed by atoms with Crippen molar-refractivity contribution in [2.45, 2.75) is 4.83 Å². The third kappa shape index (κ3) is 3.86. The van der Waals surface area contributed by atoms with Gasteiger partial charge in [0.25, 0.3) is 5.91 Å². The average Bonchev–Trinajstić information content (AvgIpc) is 2.43. The minimum atomic E-state index is -0.592. The van der Waals surface area contributed by atoms with Gasteiger partial charge in [-0.25, -0.2) is 0 Å². The first-order valence-electron chi connectivity index (χ1n) is 5.08. The van der Waals surface area contributed by atoms with E-state index in [1.807, 2.05) is 6.07 Å². The highest BCUT2D eigenvalue weighted by molar-refractivity contribution is 9.10. The van der Waals surface area contributed by atoms with Crippen molar-refractivity contribution in [3.8, 4) is 6.07 Å². The van der Waals surface area contributed by atoms with Crippen molar-refractivity contribution in [1.29, 1.82) is 5.26 Å². The van der Waals surface area contributed by atoms with E-state index in [1.54, 1.807) is 18.2 Å². The number of methoxy groups -OCH3 is 1. The number of nitrogens with one attached hydrogen (secondary N) is 1. The van der Waals surface area contributed by atoms with E-state index >= 15 is 0 Å². The van der Waals surface area contributed by atoms with Gasteiger partial charge >= 0.3 is 5.97 Å². The summed E-state index contributed by atoms with van der Waals surface area (Å²) in [6, 6.07) is 8.26. The van der Waals surface area contributed by atoms with E-state index in [-0.39, 0.29) is 12.5 Å². The Bertz CT molecular complexity index is 496. The van der Waals surface area contributed by atoms with Crippen LogP contribution in [0.4, 0.5) is 0 Å². The van der Waals surface area contributed by atoms with Crippen molar-refractivity contribution < 1.29 is 14.3 Å². The quantitative estimate of drug-likeness (QED) is 0.670. The maximum absolute atomic E-state index is 11.7. The van der Waals surface area contributed by atoms with E-state index in [1.165, 1.54) is 13.2 Å². The predicted octanol–water partition coefficient (Wildman–Crippen LogP) is 1.22. The van der Waals surface area contributed by atoms with Gasteiger partial charge < -0.3 is 10.1 Å². The molecule has 0 bridgehead atoms. The van der Waals surface area contributed by atoms with Crippen LogP contribution in [0.1, 0.15) is 15.9 Å². The number of carbonyl (C=O) groups is 2. The molecule has 5 nitrogen and oxygen atoms in total. The minimum Gasteiger partial charge on any atom is -0.468 e. The molecule has 0 saturated carbocycles. The molecule has 0 aliphatic heterocycles. The molecule has 0 aliphatic rings. The maximum Gasteiger partial charge on any atom is 0.321 e. The van der Waals surface area contributed by atoms with E-state index in [0.717, 1.165) is 0 Å². The number of ether oxygens (including phenoxy) is 1. The number of amides is 1. The van der Waals surface area contributed by atoms with Crippen LogP contribution in [0.2, 0.25) is 0 Å². The number of nitriles is 1. The van der Waals surface area contributed by atoms with Crippen LogP contribution >= 0.6 is 15.9 Å². The molecule has 0 heterocycles. The van der Waals surface area contributed by atoms with Crippen molar-refractivity contribution >= 4 is 27.8 Å². The molecule has 6 heteroatoms. The lowest BCUT2D eigenvalue weighted by Crippen LogP contribution is -2.33. The van der Waals surface area contributed by atoms with Gasteiger partial charge in [-0.15, -0.1) is 0 Å². The van der Waals surface area contributed by atoms with E-state index in [0.29, 0.717) is 11.1 Å². The van der Waals surface area contributed by atoms with Gasteiger partial charge in [-0.2, -0.15) is 5.26 Å². The molecule has 0 fully saturated rings. The Morgan fingerprint density at radius 3 is 2.89 bits per heavy atom. The van der Waals surface area contributed by atoms with Gasteiger partial charge in [0.1, 0.15) is 4.83 Å². The SMILES string of the molecule is COC(=O)C(Br)CNC(=O)c1cccc(C#N)c1. The Labute approximate surface area is 113 Å². The zero-order valence-corrected chi connectivity index (χ0v) is 11.2. The van der Waals surface area contributed by atoms with Gasteiger partial charge in [-0.1, -0.05) is 22.0 Å². The molecule has 1 N–H and O–H groups in total. The summed E-state index contributed by atoms with van der Waals surface area (Å²) in [6.45, 7) is 0.113. The first kappa shape index (κ1) is 14.2. The van der Waals surface area contributed by atoms with E-state index in [2.05, 4.69) is 26.0 Å². The number of halogens is 1. The van der Waals surface area contributed by atoms with Gasteiger partial charge in [0.2, 0.25) is 0 Å². The number of esters is 1. The van der Waals surface area contributed by atoms with Crippen molar-refractivity contribution in [2.24, 2.45) is 0 Å². The third-order valence-corrected chi connectivity index (χ3v) is 2.85. The van der Waals surface area contributed by atoms with E-state index in [9.17, 15) is 9.59 Å². The van der Waals surface area contributed by atoms with Gasteiger partial charge in [0, 0.05) is 12.1 Å². The maximum atomic E-state index is 11.7. The van der Waals surface area contributed by atoms with Gasteiger partial charge in [0.05, 0.1) is 18.7 Å². The van der Waals surface area contributed by atoms with Crippen LogP contribution in [0.15, 0.2) is 24.3 Å². The Morgan fingerprint density at radius 1 is 1.56 bits per heavy atom. The first-order valence-corrected chi connectivity index (χ1v) is 6.00. The zero-order valence-electron chi connectivity index (χ0n) is 9.64. The normalized spacial score (nSPS) is 11.2. The summed E-state index contributed by atoms with van der Waals surface area (Å²) in [4.78, 5) is 22.2. The van der Waals surface area contributed by atoms with Crippen LogP contribution in [-0.4, -0.2) is 30.4 Å². The average molecular weight is 311 g/mol. The largest absolute Gasteiger partial charge is 0.468 e. The van der Waals surface area contributed by atoms with Gasteiger partial charge in [-0.3, -0.25) is 9.59 Å². The standard InChI is InChI=1S/C12H11BrN2O3/c1-18-12(17)10(13)7-15-11(16)9-4-2-3-8(5-9)6-14/h2-5,10H,7H2,1H3,(H,15,16). The Balaban J connectivity index is 2.61. The number of rotatable bonds is 4. The fourth-order valence-corrected chi connectivity index (χ4v) is 1.57. The van der Waals surface area contributed by atoms with Crippen LogP contribution in [-0.2, 0) is 9.53 Å². The smallest absolute Gasteiger partial charge is 0.321 e. The van der Waals surface area contributed by atoms with Crippen LogP contribution in [0, 0.1) is 11.3 Å². The fraction of sp³-hybridized carbons (Fsp3) is 0.250. The summed E-state index contributed by atoms with van der Waals surface area (Å²) < 4.78 is 4.51. The predicted molar refractivity (Wildman–Crippen MR) is 68.2 cm³/mol. The van der Waals surface area contributed by atoms with Crippen LogP contribution < -0.4 is 5.32 Å². The monoisotopic (exact) mass is 310 g/mol. The van der Waals surface area contributed by atoms with Crippen molar-refractivity contribution in [1.82, 2.24) is 5.32 Å². The second-order valence-electron chi connectivity index (χ2n) is 3.39. The van der Waals surface area contributed by atoms with Crippen molar-refractivity contribution in [3.05, 3.63) is 35.4 Å². The molecule has 0 spiro atoms. The molecule has 0 saturated heterocycles. The van der Waals surface area contributed by atoms with Crippen molar-refractivity contribution in [3.63, 3.8) is 0 Å². The summed E-state index contributed by atoms with van der Waals surface area (Å²) in [6.07, 6.45) is 0. The highest BCUT2D eigenvalue weighted by Crippen LogP contribution is 2.05. The Hall–Kier alpha value is -1.87. The lowest BCUT2D eigenvalue weighted by molar-refractivity contribution is -0.139. The number of carbonyl (C=O) groups excluding carboxylic acids is 2. The Morgan fingerprint density at radius 2 is 2.28 bits per heavy atom. The number of nitrogens with zero attached hydrogens (tertiary/aromatic N) is 1. The summed E-state index contributed by atoms with van der Waals surface area (Å²) in [5.41, 5.74) is 0.782. The highest BCUT2D eigenvalue weighted by Gasteiger charge is 2.16. The lowest BCUT2D eigenvalue weighted by atomic mass is 10.1. The second-order valence-corrected chi connectivity index (χ2v) is 4.50. The van der Waals surface area contributed by atoms with Crippen LogP contribution in [0.3, 0.4) is 0 Å². The number of hydrogen-bond donors (Lipinski definition) is 1. The molecule has 0 radical (unpaired) electrons. The molecule has 1 rings (SSSR count). The summed E-state index contributed by atoms with van der Waals surface area (Å²) in [5, 5.41) is 11.3. The molecule has 1 amide bonds. The zero-order chi connectivity index (χ0) is 13.5. The fourth-order valence-electron chi connectivity index (χ4n) is 1.23. The van der Waals surface area contributed by atoms with Crippen molar-refractivity contribution in [2.75, 3.05) is 13.7 Å². The molecule has 0 aromatic heterocycles. The molecular weight excluding hydrogens is 300 g/mol. The summed E-state index contributed by atoms with van der Waals surface area (Å²) in [7, 11) is 1.27. The first-order chi connectivity index (χ1) is 8.58. The molecule has 1 unspecified atom stereocenters. The number of alkyl halides is 1. The summed E-state index contributed by atoms with van der Waals surface area (Å²) >= 11 is 3.09. The third-order valence-electron chi connectivity index (χ3n) is 2.15.